The number of non-ortho nitro benzene ring substituents is 1. The van der Waals surface area contributed by atoms with Gasteiger partial charge in [-0.2, -0.15) is 4.99 Å². The molecule has 0 saturated heterocycles. The van der Waals surface area contributed by atoms with E-state index in [9.17, 15) is 14.9 Å². The van der Waals surface area contributed by atoms with Crippen LogP contribution >= 0.6 is 45.9 Å². The first-order valence-corrected chi connectivity index (χ1v) is 10.5. The summed E-state index contributed by atoms with van der Waals surface area (Å²) in [5, 5.41) is 12.3. The lowest BCUT2D eigenvalue weighted by Gasteiger charge is -2.03. The van der Waals surface area contributed by atoms with Crippen LogP contribution in [0.4, 0.5) is 5.69 Å². The number of nitro benzene ring substituents is 1. The number of halogens is 2. The fraction of sp³-hybridized carbons (Fsp3) is 0.0526. The number of nitro groups is 1. The molecule has 6 nitrogen and oxygen atoms in total. The van der Waals surface area contributed by atoms with Crippen molar-refractivity contribution in [1.82, 2.24) is 4.57 Å². The minimum atomic E-state index is -0.474. The SMILES string of the molecule is C#CCn1c(=NC(=O)c2cc3cc([N+](=O)[O-])ccc3s2)sc2ccc(Cl)c(Cl)c21. The molecule has 0 aliphatic rings. The van der Waals surface area contributed by atoms with Gasteiger partial charge in [-0.15, -0.1) is 17.8 Å². The van der Waals surface area contributed by atoms with Gasteiger partial charge in [-0.05, 0) is 24.3 Å². The van der Waals surface area contributed by atoms with E-state index in [1.54, 1.807) is 28.8 Å². The predicted octanol–water partition coefficient (Wildman–Crippen LogP) is 5.51. The second-order valence-electron chi connectivity index (χ2n) is 5.89. The van der Waals surface area contributed by atoms with E-state index in [1.807, 2.05) is 0 Å². The first-order valence-electron chi connectivity index (χ1n) is 8.07. The molecule has 2 heterocycles. The Morgan fingerprint density at radius 3 is 2.69 bits per heavy atom. The third-order valence-electron chi connectivity index (χ3n) is 4.10. The molecule has 0 saturated carbocycles. The maximum atomic E-state index is 12.8. The van der Waals surface area contributed by atoms with Gasteiger partial charge in [0.15, 0.2) is 4.80 Å². The van der Waals surface area contributed by atoms with Crippen molar-refractivity contribution in [3.8, 4) is 12.3 Å². The molecule has 29 heavy (non-hydrogen) atoms. The van der Waals surface area contributed by atoms with Crippen molar-refractivity contribution >= 4 is 77.8 Å². The number of hydrogen-bond donors (Lipinski definition) is 0. The number of aromatic nitrogens is 1. The van der Waals surface area contributed by atoms with Crippen molar-refractivity contribution in [1.29, 1.82) is 0 Å². The molecule has 0 fully saturated rings. The number of hydrogen-bond acceptors (Lipinski definition) is 5. The van der Waals surface area contributed by atoms with Gasteiger partial charge in [0, 0.05) is 22.2 Å². The molecule has 2 aromatic carbocycles. The van der Waals surface area contributed by atoms with Gasteiger partial charge in [0.05, 0.1) is 36.6 Å². The Hall–Kier alpha value is -2.70. The number of fused-ring (bicyclic) bond motifs is 2. The summed E-state index contributed by atoms with van der Waals surface area (Å²) in [4.78, 5) is 28.3. The largest absolute Gasteiger partial charge is 0.303 e. The lowest BCUT2D eigenvalue weighted by molar-refractivity contribution is -0.384. The molecular weight excluding hydrogens is 453 g/mol. The van der Waals surface area contributed by atoms with Crippen LogP contribution in [0.2, 0.25) is 10.0 Å². The average Bonchev–Trinajstić information content (AvgIpc) is 3.26. The number of benzene rings is 2. The number of terminal acetylenes is 1. The van der Waals surface area contributed by atoms with E-state index in [4.69, 9.17) is 29.6 Å². The molecule has 2 aromatic heterocycles. The highest BCUT2D eigenvalue weighted by molar-refractivity contribution is 7.21. The number of thiophene rings is 1. The van der Waals surface area contributed by atoms with Crippen LogP contribution < -0.4 is 4.80 Å². The molecule has 0 unspecified atom stereocenters. The number of amides is 1. The zero-order valence-electron chi connectivity index (χ0n) is 14.4. The van der Waals surface area contributed by atoms with Crippen molar-refractivity contribution in [3.05, 3.63) is 66.2 Å². The molecule has 1 amide bonds. The van der Waals surface area contributed by atoms with Gasteiger partial charge in [0.1, 0.15) is 0 Å². The number of rotatable bonds is 3. The third-order valence-corrected chi connectivity index (χ3v) is 7.04. The topological polar surface area (TPSA) is 77.5 Å². The van der Waals surface area contributed by atoms with Crippen LogP contribution in [0.3, 0.4) is 0 Å². The minimum Gasteiger partial charge on any atom is -0.303 e. The molecule has 0 aliphatic carbocycles. The Kier molecular flexibility index (Phi) is 5.15. The molecule has 0 N–H and O–H groups in total. The highest BCUT2D eigenvalue weighted by atomic mass is 35.5. The average molecular weight is 462 g/mol. The van der Waals surface area contributed by atoms with E-state index < -0.39 is 10.8 Å². The van der Waals surface area contributed by atoms with Gasteiger partial charge in [-0.1, -0.05) is 40.5 Å². The van der Waals surface area contributed by atoms with E-state index in [0.29, 0.717) is 30.6 Å². The number of carbonyl (C=O) groups excluding carboxylic acids is 1. The fourth-order valence-corrected chi connectivity index (χ4v) is 5.26. The Labute approximate surface area is 181 Å². The van der Waals surface area contributed by atoms with Crippen LogP contribution in [0.15, 0.2) is 41.4 Å². The van der Waals surface area contributed by atoms with Crippen LogP contribution in [-0.4, -0.2) is 15.4 Å². The van der Waals surface area contributed by atoms with Crippen LogP contribution in [0.1, 0.15) is 9.67 Å². The Balaban J connectivity index is 1.84. The van der Waals surface area contributed by atoms with Crippen LogP contribution in [0, 0.1) is 22.5 Å². The van der Waals surface area contributed by atoms with Gasteiger partial charge < -0.3 is 4.57 Å². The zero-order chi connectivity index (χ0) is 20.7. The summed E-state index contributed by atoms with van der Waals surface area (Å²) < 4.78 is 3.23. The lowest BCUT2D eigenvalue weighted by Crippen LogP contribution is -2.16. The lowest BCUT2D eigenvalue weighted by atomic mass is 10.2. The summed E-state index contributed by atoms with van der Waals surface area (Å²) in [7, 11) is 0. The van der Waals surface area contributed by atoms with E-state index >= 15 is 0 Å². The Morgan fingerprint density at radius 2 is 1.97 bits per heavy atom. The van der Waals surface area contributed by atoms with E-state index in [-0.39, 0.29) is 12.2 Å². The van der Waals surface area contributed by atoms with Gasteiger partial charge in [0.25, 0.3) is 11.6 Å². The Bertz CT molecular complexity index is 1430. The second kappa shape index (κ2) is 7.61. The number of carbonyl (C=O) groups is 1. The van der Waals surface area contributed by atoms with E-state index in [1.165, 1.54) is 34.8 Å². The first-order chi connectivity index (χ1) is 13.9. The molecule has 4 rings (SSSR count). The molecule has 4 aromatic rings. The molecule has 0 bridgehead atoms. The normalized spacial score (nSPS) is 11.8. The highest BCUT2D eigenvalue weighted by Crippen LogP contribution is 2.32. The maximum Gasteiger partial charge on any atom is 0.289 e. The quantitative estimate of drug-likeness (QED) is 0.229. The van der Waals surface area contributed by atoms with Crippen molar-refractivity contribution in [2.45, 2.75) is 6.54 Å². The standard InChI is InChI=1S/C19H9Cl2N3O3S2/c1-2-7-23-17-14(6-4-12(20)16(17)21)29-19(23)22-18(25)15-9-10-8-11(24(26)27)3-5-13(10)28-15/h1,3-6,8-9H,7H2. The first kappa shape index (κ1) is 19.6. The van der Waals surface area contributed by atoms with Gasteiger partial charge >= 0.3 is 0 Å². The van der Waals surface area contributed by atoms with Crippen LogP contribution in [0.25, 0.3) is 20.3 Å². The molecule has 144 valence electrons. The van der Waals surface area contributed by atoms with Gasteiger partial charge in [-0.25, -0.2) is 0 Å². The van der Waals surface area contributed by atoms with Crippen molar-refractivity contribution in [2.24, 2.45) is 4.99 Å². The summed E-state index contributed by atoms with van der Waals surface area (Å²) in [6.07, 6.45) is 5.48. The van der Waals surface area contributed by atoms with Gasteiger partial charge in [0.2, 0.25) is 0 Å². The molecular formula is C19H9Cl2N3O3S2. The van der Waals surface area contributed by atoms with Crippen LogP contribution in [0.5, 0.6) is 0 Å². The number of nitrogens with zero attached hydrogens (tertiary/aromatic N) is 3. The van der Waals surface area contributed by atoms with Crippen LogP contribution in [-0.2, 0) is 6.54 Å². The molecule has 0 radical (unpaired) electrons. The Morgan fingerprint density at radius 1 is 1.21 bits per heavy atom. The summed E-state index contributed by atoms with van der Waals surface area (Å²) in [6, 6.07) is 9.53. The summed E-state index contributed by atoms with van der Waals surface area (Å²) in [5.74, 6) is 2.07. The number of thiazole rings is 1. The monoisotopic (exact) mass is 461 g/mol. The maximum absolute atomic E-state index is 12.8. The summed E-state index contributed by atoms with van der Waals surface area (Å²) in [5.41, 5.74) is 0.592. The van der Waals surface area contributed by atoms with Crippen molar-refractivity contribution < 1.29 is 9.72 Å². The smallest absolute Gasteiger partial charge is 0.289 e. The van der Waals surface area contributed by atoms with Crippen molar-refractivity contribution in [3.63, 3.8) is 0 Å². The predicted molar refractivity (Wildman–Crippen MR) is 117 cm³/mol. The highest BCUT2D eigenvalue weighted by Gasteiger charge is 2.16. The second-order valence-corrected chi connectivity index (χ2v) is 8.77. The van der Waals surface area contributed by atoms with Gasteiger partial charge in [-0.3, -0.25) is 14.9 Å². The van der Waals surface area contributed by atoms with E-state index in [0.717, 1.165) is 9.40 Å². The third kappa shape index (κ3) is 3.54. The van der Waals surface area contributed by atoms with Crippen molar-refractivity contribution in [2.75, 3.05) is 0 Å². The summed E-state index contributed by atoms with van der Waals surface area (Å²) in [6.45, 7) is 0.171. The zero-order valence-corrected chi connectivity index (χ0v) is 17.5. The fourth-order valence-electron chi connectivity index (χ4n) is 2.82. The molecule has 10 heteroatoms. The van der Waals surface area contributed by atoms with E-state index in [2.05, 4.69) is 10.9 Å². The molecule has 0 aliphatic heterocycles. The molecule has 0 spiro atoms. The summed E-state index contributed by atoms with van der Waals surface area (Å²) >= 11 is 14.9. The minimum absolute atomic E-state index is 0.0332. The molecule has 0 atom stereocenters.